The summed E-state index contributed by atoms with van der Waals surface area (Å²) in [5, 5.41) is 10.7. The molecule has 0 radical (unpaired) electrons. The monoisotopic (exact) mass is 257 g/mol. The molecule has 0 aromatic heterocycles. The lowest BCUT2D eigenvalue weighted by atomic mass is 10.0. The Morgan fingerprint density at radius 2 is 2.00 bits per heavy atom. The van der Waals surface area contributed by atoms with Crippen molar-refractivity contribution in [1.29, 1.82) is 0 Å². The van der Waals surface area contributed by atoms with E-state index in [0.717, 1.165) is 10.0 Å². The normalized spacial score (nSPS) is 10.6. The third-order valence-corrected chi connectivity index (χ3v) is 2.82. The largest absolute Gasteiger partial charge is 0.272 e. The Bertz CT molecular complexity index is 375. The van der Waals surface area contributed by atoms with E-state index in [1.807, 2.05) is 13.8 Å². The highest BCUT2D eigenvalue weighted by molar-refractivity contribution is 9.10. The molecule has 4 heteroatoms. The quantitative estimate of drug-likeness (QED) is 0.598. The average molecular weight is 258 g/mol. The molecule has 0 atom stereocenters. The maximum atomic E-state index is 10.7. The van der Waals surface area contributed by atoms with Crippen molar-refractivity contribution in [3.05, 3.63) is 37.8 Å². The van der Waals surface area contributed by atoms with Crippen molar-refractivity contribution in [2.45, 2.75) is 26.7 Å². The first kappa shape index (κ1) is 11.2. The van der Waals surface area contributed by atoms with Crippen molar-refractivity contribution in [2.75, 3.05) is 0 Å². The minimum absolute atomic E-state index is 0.192. The third kappa shape index (κ3) is 2.12. The van der Waals surface area contributed by atoms with E-state index in [-0.39, 0.29) is 16.5 Å². The van der Waals surface area contributed by atoms with Crippen LogP contribution in [0.25, 0.3) is 0 Å². The predicted octanol–water partition coefficient (Wildman–Crippen LogP) is 3.79. The van der Waals surface area contributed by atoms with Gasteiger partial charge in [0.05, 0.1) is 4.92 Å². The molecule has 76 valence electrons. The Labute approximate surface area is 91.4 Å². The minimum Gasteiger partial charge on any atom is -0.258 e. The zero-order chi connectivity index (χ0) is 10.9. The van der Waals surface area contributed by atoms with Gasteiger partial charge in [0, 0.05) is 16.1 Å². The number of benzene rings is 1. The van der Waals surface area contributed by atoms with Crippen LogP contribution in [-0.2, 0) is 0 Å². The Balaban J connectivity index is 3.34. The summed E-state index contributed by atoms with van der Waals surface area (Å²) < 4.78 is 0.940. The molecule has 0 saturated heterocycles. The van der Waals surface area contributed by atoms with Crippen molar-refractivity contribution in [2.24, 2.45) is 0 Å². The molecule has 0 spiro atoms. The average Bonchev–Trinajstić information content (AvgIpc) is 2.02. The smallest absolute Gasteiger partial charge is 0.258 e. The number of hydrogen-bond acceptors (Lipinski definition) is 2. The molecule has 0 aliphatic carbocycles. The molecule has 1 aromatic carbocycles. The summed E-state index contributed by atoms with van der Waals surface area (Å²) in [6, 6.07) is 3.44. The van der Waals surface area contributed by atoms with Crippen LogP contribution in [0.1, 0.15) is 30.9 Å². The van der Waals surface area contributed by atoms with Crippen LogP contribution in [0.5, 0.6) is 0 Å². The first-order chi connectivity index (χ1) is 6.43. The van der Waals surface area contributed by atoms with Crippen LogP contribution in [0.15, 0.2) is 16.6 Å². The fourth-order valence-corrected chi connectivity index (χ4v) is 2.23. The summed E-state index contributed by atoms with van der Waals surface area (Å²) in [5.74, 6) is 0.281. The summed E-state index contributed by atoms with van der Waals surface area (Å²) >= 11 is 3.41. The van der Waals surface area contributed by atoms with Gasteiger partial charge in [0.25, 0.3) is 5.69 Å². The number of nitro benzene ring substituents is 1. The number of aryl methyl sites for hydroxylation is 1. The Hall–Kier alpha value is -0.900. The van der Waals surface area contributed by atoms with Gasteiger partial charge in [0.1, 0.15) is 0 Å². The highest BCUT2D eigenvalue weighted by Gasteiger charge is 2.15. The first-order valence-electron chi connectivity index (χ1n) is 4.38. The van der Waals surface area contributed by atoms with Crippen LogP contribution in [0.2, 0.25) is 0 Å². The zero-order valence-corrected chi connectivity index (χ0v) is 9.96. The van der Waals surface area contributed by atoms with Gasteiger partial charge < -0.3 is 0 Å². The summed E-state index contributed by atoms with van der Waals surface area (Å²) in [6.07, 6.45) is 0. The molecule has 0 saturated carbocycles. The van der Waals surface area contributed by atoms with Crippen LogP contribution in [-0.4, -0.2) is 4.92 Å². The van der Waals surface area contributed by atoms with E-state index in [1.54, 1.807) is 19.1 Å². The molecule has 0 aliphatic rings. The lowest BCUT2D eigenvalue weighted by molar-refractivity contribution is -0.385. The van der Waals surface area contributed by atoms with E-state index in [0.29, 0.717) is 5.56 Å². The maximum absolute atomic E-state index is 10.7. The molecule has 14 heavy (non-hydrogen) atoms. The topological polar surface area (TPSA) is 43.1 Å². The van der Waals surface area contributed by atoms with Crippen LogP contribution < -0.4 is 0 Å². The molecule has 0 heterocycles. The molecular formula is C10H12BrNO2. The molecule has 0 N–H and O–H groups in total. The zero-order valence-electron chi connectivity index (χ0n) is 8.37. The molecule has 0 bridgehead atoms. The van der Waals surface area contributed by atoms with Gasteiger partial charge in [-0.05, 0) is 24.5 Å². The fourth-order valence-electron chi connectivity index (χ4n) is 1.32. The second-order valence-corrected chi connectivity index (χ2v) is 4.43. The van der Waals surface area contributed by atoms with Crippen molar-refractivity contribution >= 4 is 21.6 Å². The number of nitro groups is 1. The van der Waals surface area contributed by atoms with Gasteiger partial charge >= 0.3 is 0 Å². The maximum Gasteiger partial charge on any atom is 0.272 e. The molecule has 1 aromatic rings. The van der Waals surface area contributed by atoms with Crippen molar-refractivity contribution in [1.82, 2.24) is 0 Å². The lowest BCUT2D eigenvalue weighted by Gasteiger charge is -2.09. The molecule has 0 unspecified atom stereocenters. The Morgan fingerprint density at radius 1 is 1.43 bits per heavy atom. The molecule has 3 nitrogen and oxygen atoms in total. The second kappa shape index (κ2) is 4.09. The van der Waals surface area contributed by atoms with E-state index >= 15 is 0 Å². The molecule has 1 rings (SSSR count). The number of nitrogens with zero attached hydrogens (tertiary/aromatic N) is 1. The minimum atomic E-state index is -0.340. The third-order valence-electron chi connectivity index (χ3n) is 2.13. The molecule has 0 fully saturated rings. The summed E-state index contributed by atoms with van der Waals surface area (Å²) in [6.45, 7) is 5.77. The van der Waals surface area contributed by atoms with Gasteiger partial charge in [-0.2, -0.15) is 0 Å². The lowest BCUT2D eigenvalue weighted by Crippen LogP contribution is -1.96. The summed E-state index contributed by atoms with van der Waals surface area (Å²) in [5.41, 5.74) is 1.85. The molecular weight excluding hydrogens is 246 g/mol. The van der Waals surface area contributed by atoms with E-state index in [4.69, 9.17) is 0 Å². The molecule has 0 aliphatic heterocycles. The van der Waals surface area contributed by atoms with Crippen LogP contribution in [0.4, 0.5) is 5.69 Å². The van der Waals surface area contributed by atoms with E-state index in [1.165, 1.54) is 0 Å². The van der Waals surface area contributed by atoms with Crippen LogP contribution >= 0.6 is 15.9 Å². The predicted molar refractivity (Wildman–Crippen MR) is 59.6 cm³/mol. The van der Waals surface area contributed by atoms with Crippen molar-refractivity contribution < 1.29 is 4.92 Å². The Morgan fingerprint density at radius 3 is 2.43 bits per heavy atom. The second-order valence-electron chi connectivity index (χ2n) is 3.57. The number of halogens is 1. The Kier molecular flexibility index (Phi) is 3.26. The van der Waals surface area contributed by atoms with E-state index in [2.05, 4.69) is 15.9 Å². The van der Waals surface area contributed by atoms with E-state index < -0.39 is 0 Å². The highest BCUT2D eigenvalue weighted by atomic mass is 79.9. The SMILES string of the molecule is Cc1cc(Br)c(C(C)C)cc1[N+](=O)[O-]. The summed E-state index contributed by atoms with van der Waals surface area (Å²) in [7, 11) is 0. The van der Waals surface area contributed by atoms with Gasteiger partial charge in [-0.1, -0.05) is 29.8 Å². The summed E-state index contributed by atoms with van der Waals surface area (Å²) in [4.78, 5) is 10.4. The standard InChI is InChI=1S/C10H12BrNO2/c1-6(2)8-5-10(12(13)14)7(3)4-9(8)11/h4-6H,1-3H3. The van der Waals surface area contributed by atoms with E-state index in [9.17, 15) is 10.1 Å². The fraction of sp³-hybridized carbons (Fsp3) is 0.400. The number of rotatable bonds is 2. The molecule has 0 amide bonds. The van der Waals surface area contributed by atoms with Crippen LogP contribution in [0.3, 0.4) is 0 Å². The number of hydrogen-bond donors (Lipinski definition) is 0. The van der Waals surface area contributed by atoms with Gasteiger partial charge in [-0.3, -0.25) is 10.1 Å². The highest BCUT2D eigenvalue weighted by Crippen LogP contribution is 2.31. The van der Waals surface area contributed by atoms with Crippen molar-refractivity contribution in [3.63, 3.8) is 0 Å². The van der Waals surface area contributed by atoms with Crippen molar-refractivity contribution in [3.8, 4) is 0 Å². The van der Waals surface area contributed by atoms with Gasteiger partial charge in [-0.15, -0.1) is 0 Å². The van der Waals surface area contributed by atoms with Gasteiger partial charge in [0.15, 0.2) is 0 Å². The first-order valence-corrected chi connectivity index (χ1v) is 5.17. The van der Waals surface area contributed by atoms with Gasteiger partial charge in [0.2, 0.25) is 0 Å². The van der Waals surface area contributed by atoms with Crippen LogP contribution in [0, 0.1) is 17.0 Å². The van der Waals surface area contributed by atoms with Gasteiger partial charge in [-0.25, -0.2) is 0 Å².